The first kappa shape index (κ1) is 23.8. The van der Waals surface area contributed by atoms with Gasteiger partial charge in [-0.1, -0.05) is 12.1 Å². The largest absolute Gasteiger partial charge is 0.448 e. The molecule has 2 heterocycles. The predicted molar refractivity (Wildman–Crippen MR) is 118 cm³/mol. The average Bonchev–Trinajstić information content (AvgIpc) is 3.13. The number of nitrogens with one attached hydrogen (secondary N) is 1. The quantitative estimate of drug-likeness (QED) is 0.689. The maximum absolute atomic E-state index is 12.3. The Bertz CT molecular complexity index is 805. The minimum absolute atomic E-state index is 0.0513. The van der Waals surface area contributed by atoms with E-state index < -0.39 is 5.60 Å². The van der Waals surface area contributed by atoms with Crippen molar-refractivity contribution in [2.45, 2.75) is 45.8 Å². The molecular weight excluding hydrogens is 414 g/mol. The van der Waals surface area contributed by atoms with Gasteiger partial charge in [-0.15, -0.1) is 0 Å². The van der Waals surface area contributed by atoms with Gasteiger partial charge in [0, 0.05) is 31.2 Å². The van der Waals surface area contributed by atoms with E-state index in [4.69, 9.17) is 14.2 Å². The number of piperidine rings is 1. The molecule has 2 aliphatic heterocycles. The number of benzene rings is 1. The number of cyclic esters (lactones) is 1. The van der Waals surface area contributed by atoms with Crippen molar-refractivity contribution in [3.8, 4) is 0 Å². The summed E-state index contributed by atoms with van der Waals surface area (Å²) in [6.45, 7) is 8.67. The van der Waals surface area contributed by atoms with E-state index in [-0.39, 0.29) is 30.6 Å². The van der Waals surface area contributed by atoms with Crippen LogP contribution in [-0.4, -0.2) is 72.9 Å². The minimum Gasteiger partial charge on any atom is -0.448 e. The van der Waals surface area contributed by atoms with Gasteiger partial charge in [-0.05, 0) is 51.3 Å². The molecule has 176 valence electrons. The molecule has 0 radical (unpaired) electrons. The molecule has 2 saturated heterocycles. The first-order chi connectivity index (χ1) is 15.2. The molecule has 0 bridgehead atoms. The monoisotopic (exact) mass is 447 g/mol. The Labute approximate surface area is 189 Å². The molecule has 3 amide bonds. The lowest BCUT2D eigenvalue weighted by Gasteiger charge is -2.34. The van der Waals surface area contributed by atoms with Gasteiger partial charge in [0.1, 0.15) is 18.8 Å². The fourth-order valence-electron chi connectivity index (χ4n) is 3.69. The van der Waals surface area contributed by atoms with E-state index in [0.717, 1.165) is 18.4 Å². The molecule has 1 aromatic carbocycles. The topological polar surface area (TPSA) is 97.4 Å². The number of hydrogen-bond acceptors (Lipinski definition) is 6. The van der Waals surface area contributed by atoms with Gasteiger partial charge in [0.2, 0.25) is 5.91 Å². The Morgan fingerprint density at radius 1 is 1.19 bits per heavy atom. The number of carbonyl (C=O) groups excluding carboxylic acids is 3. The highest BCUT2D eigenvalue weighted by Gasteiger charge is 2.28. The number of likely N-dealkylation sites (tertiary alicyclic amines) is 1. The van der Waals surface area contributed by atoms with Crippen LogP contribution in [0.1, 0.15) is 39.2 Å². The molecule has 1 aromatic rings. The van der Waals surface area contributed by atoms with Crippen LogP contribution in [0.25, 0.3) is 0 Å². The van der Waals surface area contributed by atoms with Crippen LogP contribution in [-0.2, 0) is 25.5 Å². The third kappa shape index (κ3) is 7.40. The van der Waals surface area contributed by atoms with Gasteiger partial charge >= 0.3 is 12.2 Å². The summed E-state index contributed by atoms with van der Waals surface area (Å²) < 4.78 is 16.0. The number of carbonyl (C=O) groups is 3. The Morgan fingerprint density at radius 2 is 1.94 bits per heavy atom. The van der Waals surface area contributed by atoms with Crippen molar-refractivity contribution in [1.82, 2.24) is 9.80 Å². The van der Waals surface area contributed by atoms with Crippen molar-refractivity contribution in [3.63, 3.8) is 0 Å². The Kier molecular flexibility index (Phi) is 7.95. The average molecular weight is 448 g/mol. The molecule has 1 unspecified atom stereocenters. The van der Waals surface area contributed by atoms with E-state index in [1.807, 2.05) is 32.9 Å². The van der Waals surface area contributed by atoms with E-state index in [1.165, 1.54) is 0 Å². The van der Waals surface area contributed by atoms with E-state index in [1.54, 1.807) is 21.9 Å². The Hall–Kier alpha value is -2.81. The van der Waals surface area contributed by atoms with Crippen molar-refractivity contribution in [2.24, 2.45) is 5.92 Å². The second-order valence-corrected chi connectivity index (χ2v) is 9.23. The summed E-state index contributed by atoms with van der Waals surface area (Å²) in [7, 11) is 0. The highest BCUT2D eigenvalue weighted by molar-refractivity contribution is 5.91. The maximum atomic E-state index is 12.3. The highest BCUT2D eigenvalue weighted by atomic mass is 16.6. The number of amides is 3. The van der Waals surface area contributed by atoms with Crippen molar-refractivity contribution < 1.29 is 28.6 Å². The van der Waals surface area contributed by atoms with Gasteiger partial charge in [0.25, 0.3) is 0 Å². The van der Waals surface area contributed by atoms with Crippen LogP contribution in [0.2, 0.25) is 0 Å². The number of nitrogens with zero attached hydrogens (tertiary/aromatic N) is 2. The van der Waals surface area contributed by atoms with Crippen LogP contribution >= 0.6 is 0 Å². The van der Waals surface area contributed by atoms with Crippen molar-refractivity contribution in [3.05, 3.63) is 29.8 Å². The molecular formula is C23H33N3O6. The smallest absolute Gasteiger partial charge is 0.410 e. The summed E-state index contributed by atoms with van der Waals surface area (Å²) in [5.41, 5.74) is 1.11. The van der Waals surface area contributed by atoms with Crippen LogP contribution < -0.4 is 5.32 Å². The van der Waals surface area contributed by atoms with Crippen LogP contribution in [0.5, 0.6) is 0 Å². The fraction of sp³-hybridized carbons (Fsp3) is 0.609. The van der Waals surface area contributed by atoms with Crippen LogP contribution in [0.4, 0.5) is 15.3 Å². The number of anilines is 1. The normalized spacial score (nSPS) is 19.0. The predicted octanol–water partition coefficient (Wildman–Crippen LogP) is 3.24. The highest BCUT2D eigenvalue weighted by Crippen LogP contribution is 2.20. The minimum atomic E-state index is -0.517. The molecule has 2 aliphatic rings. The molecule has 1 atom stereocenters. The van der Waals surface area contributed by atoms with Gasteiger partial charge in [0.05, 0.1) is 13.2 Å². The Morgan fingerprint density at radius 3 is 2.59 bits per heavy atom. The molecule has 0 aliphatic carbocycles. The van der Waals surface area contributed by atoms with Gasteiger partial charge in [-0.25, -0.2) is 9.59 Å². The van der Waals surface area contributed by atoms with Crippen molar-refractivity contribution >= 4 is 23.8 Å². The SMILES string of the molecule is CC(C)(C)OC(=O)N1CCCC(COCC(=O)Nc2ccc(CN3CCOC3=O)cc2)C1. The summed E-state index contributed by atoms with van der Waals surface area (Å²) in [5.74, 6) is -0.0543. The summed E-state index contributed by atoms with van der Waals surface area (Å²) in [4.78, 5) is 39.3. The van der Waals surface area contributed by atoms with Crippen LogP contribution in [0.15, 0.2) is 24.3 Å². The van der Waals surface area contributed by atoms with Crippen molar-refractivity contribution in [2.75, 3.05) is 44.8 Å². The fourth-order valence-corrected chi connectivity index (χ4v) is 3.69. The van der Waals surface area contributed by atoms with Gasteiger partial charge in [-0.3, -0.25) is 4.79 Å². The zero-order valence-electron chi connectivity index (χ0n) is 19.1. The van der Waals surface area contributed by atoms with E-state index in [0.29, 0.717) is 45.1 Å². The molecule has 1 N–H and O–H groups in total. The first-order valence-corrected chi connectivity index (χ1v) is 11.1. The lowest BCUT2D eigenvalue weighted by Crippen LogP contribution is -2.44. The van der Waals surface area contributed by atoms with Gasteiger partial charge < -0.3 is 29.3 Å². The molecule has 2 fully saturated rings. The third-order valence-electron chi connectivity index (χ3n) is 5.21. The molecule has 0 spiro atoms. The number of rotatable bonds is 7. The van der Waals surface area contributed by atoms with Crippen molar-refractivity contribution in [1.29, 1.82) is 0 Å². The molecule has 9 nitrogen and oxygen atoms in total. The summed E-state index contributed by atoms with van der Waals surface area (Å²) in [6.07, 6.45) is 1.24. The molecule has 32 heavy (non-hydrogen) atoms. The summed E-state index contributed by atoms with van der Waals surface area (Å²) in [6, 6.07) is 7.34. The standard InChI is InChI=1S/C23H33N3O6/c1-23(2,3)32-22(29)25-10-4-5-18(14-25)15-30-16-20(27)24-19-8-6-17(7-9-19)13-26-11-12-31-21(26)28/h6-9,18H,4-5,10-16H2,1-3H3,(H,24,27). The van der Waals surface area contributed by atoms with E-state index >= 15 is 0 Å². The molecule has 3 rings (SSSR count). The third-order valence-corrected chi connectivity index (χ3v) is 5.21. The first-order valence-electron chi connectivity index (χ1n) is 11.1. The molecule has 0 saturated carbocycles. The zero-order valence-corrected chi connectivity index (χ0v) is 19.1. The van der Waals surface area contributed by atoms with Gasteiger partial charge in [0.15, 0.2) is 0 Å². The van der Waals surface area contributed by atoms with Crippen LogP contribution in [0.3, 0.4) is 0 Å². The lowest BCUT2D eigenvalue weighted by molar-refractivity contribution is -0.121. The molecule has 9 heteroatoms. The van der Waals surface area contributed by atoms with E-state index in [9.17, 15) is 14.4 Å². The van der Waals surface area contributed by atoms with Gasteiger partial charge in [-0.2, -0.15) is 0 Å². The molecule has 0 aromatic heterocycles. The van der Waals surface area contributed by atoms with E-state index in [2.05, 4.69) is 5.32 Å². The maximum Gasteiger partial charge on any atom is 0.410 e. The Balaban J connectivity index is 1.36. The number of hydrogen-bond donors (Lipinski definition) is 1. The summed E-state index contributed by atoms with van der Waals surface area (Å²) >= 11 is 0. The second kappa shape index (κ2) is 10.7. The zero-order chi connectivity index (χ0) is 23.1. The number of ether oxygens (including phenoxy) is 3. The lowest BCUT2D eigenvalue weighted by atomic mass is 9.99. The van der Waals surface area contributed by atoms with Crippen LogP contribution in [0, 0.1) is 5.92 Å². The summed E-state index contributed by atoms with van der Waals surface area (Å²) in [5, 5.41) is 2.81. The second-order valence-electron chi connectivity index (χ2n) is 9.23.